The lowest BCUT2D eigenvalue weighted by Gasteiger charge is -2.08. The Balaban J connectivity index is 2.26. The van der Waals surface area contributed by atoms with E-state index in [2.05, 4.69) is 0 Å². The first kappa shape index (κ1) is 12.5. The molecule has 2 aromatic carbocycles. The third-order valence-corrected chi connectivity index (χ3v) is 3.75. The van der Waals surface area contributed by atoms with Crippen molar-refractivity contribution in [3.8, 4) is 0 Å². The van der Waals surface area contributed by atoms with Crippen molar-refractivity contribution in [2.75, 3.05) is 0 Å². The minimum absolute atomic E-state index is 0.00630. The number of Topliss-reactive ketones (excluding diaryl/α,β-unsaturated/α-hetero) is 2. The minimum Gasteiger partial charge on any atom is -0.294 e. The first-order chi connectivity index (χ1) is 9.61. The zero-order valence-corrected chi connectivity index (χ0v) is 11.4. The molecule has 0 aliphatic heterocycles. The van der Waals surface area contributed by atoms with Gasteiger partial charge in [0, 0.05) is 16.7 Å². The third-order valence-electron chi connectivity index (χ3n) is 3.75. The number of benzene rings is 2. The van der Waals surface area contributed by atoms with Gasteiger partial charge in [-0.3, -0.25) is 9.59 Å². The van der Waals surface area contributed by atoms with E-state index < -0.39 is 0 Å². The molecule has 0 heterocycles. The second-order valence-corrected chi connectivity index (χ2v) is 4.98. The summed E-state index contributed by atoms with van der Waals surface area (Å²) >= 11 is 0. The Bertz CT molecular complexity index is 766. The predicted molar refractivity (Wildman–Crippen MR) is 79.7 cm³/mol. The maximum atomic E-state index is 12.6. The summed E-state index contributed by atoms with van der Waals surface area (Å²) in [6.45, 7) is 3.47. The molecule has 0 radical (unpaired) electrons. The lowest BCUT2D eigenvalue weighted by atomic mass is 9.94. The minimum atomic E-state index is -0.0235. The van der Waals surface area contributed by atoms with E-state index in [0.717, 1.165) is 22.3 Å². The van der Waals surface area contributed by atoms with Crippen molar-refractivity contribution in [1.29, 1.82) is 0 Å². The molecule has 0 spiro atoms. The van der Waals surface area contributed by atoms with E-state index in [0.29, 0.717) is 11.1 Å². The van der Waals surface area contributed by atoms with E-state index in [1.54, 1.807) is 6.07 Å². The Kier molecular flexibility index (Phi) is 2.87. The van der Waals surface area contributed by atoms with E-state index in [4.69, 9.17) is 0 Å². The summed E-state index contributed by atoms with van der Waals surface area (Å²) in [6.07, 6.45) is 0. The van der Waals surface area contributed by atoms with Gasteiger partial charge in [0.05, 0.1) is 0 Å². The first-order valence-corrected chi connectivity index (χ1v) is 6.56. The van der Waals surface area contributed by atoms with E-state index >= 15 is 0 Å². The fraction of sp³-hybridized carbons (Fsp3) is 0.111. The van der Waals surface area contributed by atoms with Crippen molar-refractivity contribution in [2.45, 2.75) is 13.8 Å². The molecule has 0 saturated carbocycles. The van der Waals surface area contributed by atoms with Crippen LogP contribution in [0.1, 0.15) is 45.7 Å². The summed E-state index contributed by atoms with van der Waals surface area (Å²) in [6, 6.07) is 14.9. The molecule has 0 fully saturated rings. The van der Waals surface area contributed by atoms with Crippen molar-refractivity contribution in [3.05, 3.63) is 70.8 Å². The topological polar surface area (TPSA) is 34.1 Å². The molecule has 2 heteroatoms. The van der Waals surface area contributed by atoms with Crippen LogP contribution in [-0.2, 0) is 0 Å². The quantitative estimate of drug-likeness (QED) is 0.766. The SMILES string of the molecule is CC(=O)c1ccccc1C1=C(C)c2ccccc2C1=O. The van der Waals surface area contributed by atoms with Gasteiger partial charge in [0.25, 0.3) is 0 Å². The van der Waals surface area contributed by atoms with Crippen molar-refractivity contribution in [1.82, 2.24) is 0 Å². The van der Waals surface area contributed by atoms with Crippen molar-refractivity contribution < 1.29 is 9.59 Å². The predicted octanol–water partition coefficient (Wildman–Crippen LogP) is 4.02. The van der Waals surface area contributed by atoms with Gasteiger partial charge in [-0.2, -0.15) is 0 Å². The molecule has 0 saturated heterocycles. The van der Waals surface area contributed by atoms with Gasteiger partial charge in [0.1, 0.15) is 0 Å². The van der Waals surface area contributed by atoms with Crippen LogP contribution in [-0.4, -0.2) is 11.6 Å². The van der Waals surface area contributed by atoms with Crippen LogP contribution in [0.2, 0.25) is 0 Å². The highest BCUT2D eigenvalue weighted by Crippen LogP contribution is 2.38. The molecule has 2 aromatic rings. The standard InChI is InChI=1S/C18H14O2/c1-11-13-7-3-6-10-16(13)18(20)17(11)15-9-5-4-8-14(15)12(2)19/h3-10H,1-2H3. The van der Waals surface area contributed by atoms with Crippen LogP contribution in [0.5, 0.6) is 0 Å². The van der Waals surface area contributed by atoms with E-state index in [1.807, 2.05) is 49.4 Å². The van der Waals surface area contributed by atoms with Crippen molar-refractivity contribution in [3.63, 3.8) is 0 Å². The number of carbonyl (C=O) groups is 2. The average molecular weight is 262 g/mol. The van der Waals surface area contributed by atoms with Gasteiger partial charge in [-0.25, -0.2) is 0 Å². The van der Waals surface area contributed by atoms with Crippen LogP contribution in [0, 0.1) is 0 Å². The van der Waals surface area contributed by atoms with Gasteiger partial charge in [-0.1, -0.05) is 48.5 Å². The number of fused-ring (bicyclic) bond motifs is 1. The zero-order chi connectivity index (χ0) is 14.3. The van der Waals surface area contributed by atoms with Gasteiger partial charge in [-0.05, 0) is 30.5 Å². The number of hydrogen-bond donors (Lipinski definition) is 0. The number of ketones is 2. The lowest BCUT2D eigenvalue weighted by Crippen LogP contribution is -2.04. The highest BCUT2D eigenvalue weighted by molar-refractivity contribution is 6.40. The first-order valence-electron chi connectivity index (χ1n) is 6.56. The Morgan fingerprint density at radius 1 is 0.850 bits per heavy atom. The molecular formula is C18H14O2. The fourth-order valence-electron chi connectivity index (χ4n) is 2.78. The largest absolute Gasteiger partial charge is 0.294 e. The normalized spacial score (nSPS) is 13.6. The third kappa shape index (κ3) is 1.73. The maximum Gasteiger partial charge on any atom is 0.194 e. The molecule has 0 bridgehead atoms. The Labute approximate surface area is 117 Å². The number of hydrogen-bond acceptors (Lipinski definition) is 2. The number of allylic oxidation sites excluding steroid dienone is 2. The molecule has 0 N–H and O–H groups in total. The van der Waals surface area contributed by atoms with Crippen LogP contribution < -0.4 is 0 Å². The van der Waals surface area contributed by atoms with Gasteiger partial charge in [-0.15, -0.1) is 0 Å². The number of rotatable bonds is 2. The summed E-state index contributed by atoms with van der Waals surface area (Å²) < 4.78 is 0. The van der Waals surface area contributed by atoms with Crippen LogP contribution in [0.15, 0.2) is 48.5 Å². The van der Waals surface area contributed by atoms with Crippen molar-refractivity contribution >= 4 is 22.7 Å². The smallest absolute Gasteiger partial charge is 0.194 e. The van der Waals surface area contributed by atoms with Gasteiger partial charge < -0.3 is 0 Å². The Morgan fingerprint density at radius 3 is 2.00 bits per heavy atom. The summed E-state index contributed by atoms with van der Waals surface area (Å²) in [5.74, 6) is -0.0172. The van der Waals surface area contributed by atoms with Gasteiger partial charge in [0.15, 0.2) is 11.6 Å². The lowest BCUT2D eigenvalue weighted by molar-refractivity contribution is 0.101. The monoisotopic (exact) mass is 262 g/mol. The molecule has 1 aliphatic carbocycles. The Hall–Kier alpha value is -2.48. The molecule has 0 unspecified atom stereocenters. The highest BCUT2D eigenvalue weighted by atomic mass is 16.1. The fourth-order valence-corrected chi connectivity index (χ4v) is 2.78. The molecule has 1 aliphatic rings. The molecule has 20 heavy (non-hydrogen) atoms. The molecule has 0 amide bonds. The second kappa shape index (κ2) is 4.57. The summed E-state index contributed by atoms with van der Waals surface area (Å²) in [4.78, 5) is 24.4. The van der Waals surface area contributed by atoms with Gasteiger partial charge in [0.2, 0.25) is 0 Å². The van der Waals surface area contributed by atoms with Crippen LogP contribution >= 0.6 is 0 Å². The molecule has 3 rings (SSSR count). The Morgan fingerprint density at radius 2 is 1.40 bits per heavy atom. The average Bonchev–Trinajstić information content (AvgIpc) is 2.71. The van der Waals surface area contributed by atoms with Crippen molar-refractivity contribution in [2.24, 2.45) is 0 Å². The maximum absolute atomic E-state index is 12.6. The van der Waals surface area contributed by atoms with E-state index in [1.165, 1.54) is 6.92 Å². The van der Waals surface area contributed by atoms with E-state index in [9.17, 15) is 9.59 Å². The summed E-state index contributed by atoms with van der Waals surface area (Å²) in [7, 11) is 0. The molecule has 0 aromatic heterocycles. The molecule has 98 valence electrons. The van der Waals surface area contributed by atoms with Crippen LogP contribution in [0.3, 0.4) is 0 Å². The summed E-state index contributed by atoms with van der Waals surface area (Å²) in [5.41, 5.74) is 4.61. The molecule has 2 nitrogen and oxygen atoms in total. The number of carbonyl (C=O) groups excluding carboxylic acids is 2. The molecular weight excluding hydrogens is 248 g/mol. The van der Waals surface area contributed by atoms with Crippen LogP contribution in [0.25, 0.3) is 11.1 Å². The molecule has 0 atom stereocenters. The highest BCUT2D eigenvalue weighted by Gasteiger charge is 2.29. The van der Waals surface area contributed by atoms with E-state index in [-0.39, 0.29) is 11.6 Å². The van der Waals surface area contributed by atoms with Gasteiger partial charge >= 0.3 is 0 Å². The zero-order valence-electron chi connectivity index (χ0n) is 11.4. The second-order valence-electron chi connectivity index (χ2n) is 4.98. The summed E-state index contributed by atoms with van der Waals surface area (Å²) in [5, 5.41) is 0. The van der Waals surface area contributed by atoms with Crippen LogP contribution in [0.4, 0.5) is 0 Å².